The first kappa shape index (κ1) is 9.45. The lowest BCUT2D eigenvalue weighted by atomic mass is 10.2. The van der Waals surface area contributed by atoms with Crippen molar-refractivity contribution >= 4 is 34.1 Å². The minimum Gasteiger partial charge on any atom is -0.478 e. The molecular formula is C9H7IN2O2. The van der Waals surface area contributed by atoms with Crippen LogP contribution in [-0.4, -0.2) is 20.7 Å². The molecule has 0 fully saturated rings. The van der Waals surface area contributed by atoms with E-state index in [4.69, 9.17) is 5.11 Å². The topological polar surface area (TPSA) is 54.6 Å². The first-order chi connectivity index (χ1) is 6.61. The summed E-state index contributed by atoms with van der Waals surface area (Å²) in [4.78, 5) is 11.0. The minimum absolute atomic E-state index is 0.281. The molecular weight excluding hydrogens is 295 g/mol. The fourth-order valence-corrected chi connectivity index (χ4v) is 1.99. The van der Waals surface area contributed by atoms with E-state index in [2.05, 4.69) is 27.7 Å². The van der Waals surface area contributed by atoms with Gasteiger partial charge < -0.3 is 5.11 Å². The van der Waals surface area contributed by atoms with Crippen molar-refractivity contribution in [3.05, 3.63) is 33.2 Å². The van der Waals surface area contributed by atoms with Crippen LogP contribution in [0.4, 0.5) is 0 Å². The minimum atomic E-state index is -0.931. The number of hydrogen-bond donors (Lipinski definition) is 1. The molecule has 2 aromatic heterocycles. The van der Waals surface area contributed by atoms with Crippen molar-refractivity contribution in [2.45, 2.75) is 6.92 Å². The van der Waals surface area contributed by atoms with Crippen LogP contribution in [-0.2, 0) is 0 Å². The molecule has 0 spiro atoms. The van der Waals surface area contributed by atoms with Gasteiger partial charge in [0.15, 0.2) is 0 Å². The molecule has 0 saturated carbocycles. The maximum Gasteiger partial charge on any atom is 0.339 e. The van der Waals surface area contributed by atoms with Crippen molar-refractivity contribution in [2.75, 3.05) is 0 Å². The number of pyridine rings is 1. The van der Waals surface area contributed by atoms with Gasteiger partial charge in [-0.1, -0.05) is 6.07 Å². The molecule has 0 unspecified atom stereocenters. The molecule has 0 aliphatic carbocycles. The highest BCUT2D eigenvalue weighted by atomic mass is 127. The summed E-state index contributed by atoms with van der Waals surface area (Å²) in [5, 5.41) is 13.1. The number of halogens is 1. The lowest BCUT2D eigenvalue weighted by Crippen LogP contribution is -1.97. The first-order valence-electron chi connectivity index (χ1n) is 3.98. The Balaban J connectivity index is 2.90. The highest BCUT2D eigenvalue weighted by molar-refractivity contribution is 14.1. The summed E-state index contributed by atoms with van der Waals surface area (Å²) < 4.78 is 2.54. The Morgan fingerprint density at radius 1 is 1.57 bits per heavy atom. The predicted octanol–water partition coefficient (Wildman–Crippen LogP) is 1.95. The number of aromatic nitrogens is 2. The Morgan fingerprint density at radius 2 is 2.29 bits per heavy atom. The van der Waals surface area contributed by atoms with Crippen molar-refractivity contribution in [1.82, 2.24) is 9.61 Å². The monoisotopic (exact) mass is 302 g/mol. The van der Waals surface area contributed by atoms with Crippen LogP contribution in [0.25, 0.3) is 5.52 Å². The molecule has 1 N–H and O–H groups in total. The van der Waals surface area contributed by atoms with Crippen LogP contribution in [0, 0.1) is 10.6 Å². The molecule has 0 bridgehead atoms. The fraction of sp³-hybridized carbons (Fsp3) is 0.111. The van der Waals surface area contributed by atoms with Crippen LogP contribution in [0.3, 0.4) is 0 Å². The van der Waals surface area contributed by atoms with Crippen LogP contribution in [0.5, 0.6) is 0 Å². The van der Waals surface area contributed by atoms with E-state index in [1.807, 2.05) is 12.1 Å². The number of hydrogen-bond acceptors (Lipinski definition) is 2. The van der Waals surface area contributed by atoms with Gasteiger partial charge in [0.05, 0.1) is 11.2 Å². The summed E-state index contributed by atoms with van der Waals surface area (Å²) in [6.07, 6.45) is 0. The molecule has 0 aliphatic heterocycles. The fourth-order valence-electron chi connectivity index (χ4n) is 1.42. The van der Waals surface area contributed by atoms with Gasteiger partial charge in [0, 0.05) is 0 Å². The van der Waals surface area contributed by atoms with Crippen LogP contribution in [0.2, 0.25) is 0 Å². The zero-order valence-corrected chi connectivity index (χ0v) is 9.52. The summed E-state index contributed by atoms with van der Waals surface area (Å²) >= 11 is 2.12. The maximum absolute atomic E-state index is 11.0. The third-order valence-corrected chi connectivity index (χ3v) is 2.82. The average molecular weight is 302 g/mol. The number of carboxylic acids is 1. The second kappa shape index (κ2) is 3.23. The van der Waals surface area contributed by atoms with Gasteiger partial charge in [-0.05, 0) is 41.6 Å². The van der Waals surface area contributed by atoms with Crippen molar-refractivity contribution in [1.29, 1.82) is 0 Å². The highest BCUT2D eigenvalue weighted by Crippen LogP contribution is 2.17. The Bertz CT molecular complexity index is 519. The second-order valence-electron chi connectivity index (χ2n) is 2.91. The standard InChI is InChI=1S/C9H7IN2O2/c1-5-8(9(13)14)6-3-2-4-7(10)12(6)11-5/h2-4H,1H3,(H,13,14). The van der Waals surface area contributed by atoms with Crippen molar-refractivity contribution < 1.29 is 9.90 Å². The van der Waals surface area contributed by atoms with Gasteiger partial charge in [-0.2, -0.15) is 5.10 Å². The quantitative estimate of drug-likeness (QED) is 0.647. The number of carbonyl (C=O) groups is 1. The Hall–Kier alpha value is -1.11. The van der Waals surface area contributed by atoms with Crippen LogP contribution < -0.4 is 0 Å². The second-order valence-corrected chi connectivity index (χ2v) is 4.02. The zero-order chi connectivity index (χ0) is 10.3. The lowest BCUT2D eigenvalue weighted by molar-refractivity contribution is 0.0698. The van der Waals surface area contributed by atoms with Crippen molar-refractivity contribution in [2.24, 2.45) is 0 Å². The molecule has 14 heavy (non-hydrogen) atoms. The summed E-state index contributed by atoms with van der Waals surface area (Å²) in [7, 11) is 0. The average Bonchev–Trinajstić information content (AvgIpc) is 2.42. The lowest BCUT2D eigenvalue weighted by Gasteiger charge is -1.95. The van der Waals surface area contributed by atoms with E-state index >= 15 is 0 Å². The zero-order valence-electron chi connectivity index (χ0n) is 7.36. The van der Waals surface area contributed by atoms with E-state index in [0.717, 1.165) is 3.70 Å². The van der Waals surface area contributed by atoms with Crippen molar-refractivity contribution in [3.8, 4) is 0 Å². The number of fused-ring (bicyclic) bond motifs is 1. The third-order valence-electron chi connectivity index (χ3n) is 2.00. The van der Waals surface area contributed by atoms with Gasteiger partial charge >= 0.3 is 5.97 Å². The number of rotatable bonds is 1. The summed E-state index contributed by atoms with van der Waals surface area (Å²) in [5.74, 6) is -0.931. The third kappa shape index (κ3) is 1.28. The Morgan fingerprint density at radius 3 is 2.93 bits per heavy atom. The van der Waals surface area contributed by atoms with Gasteiger partial charge in [0.1, 0.15) is 9.26 Å². The Labute approximate surface area is 93.7 Å². The van der Waals surface area contributed by atoms with E-state index < -0.39 is 5.97 Å². The van der Waals surface area contributed by atoms with Crippen LogP contribution in [0.15, 0.2) is 18.2 Å². The molecule has 0 aliphatic rings. The highest BCUT2D eigenvalue weighted by Gasteiger charge is 2.16. The molecule has 0 aromatic carbocycles. The van der Waals surface area contributed by atoms with Crippen LogP contribution >= 0.6 is 22.6 Å². The summed E-state index contributed by atoms with van der Waals surface area (Å²) in [6, 6.07) is 5.46. The number of aromatic carboxylic acids is 1. The molecule has 4 nitrogen and oxygen atoms in total. The molecule has 0 radical (unpaired) electrons. The van der Waals surface area contributed by atoms with E-state index in [1.165, 1.54) is 0 Å². The van der Waals surface area contributed by atoms with Crippen LogP contribution in [0.1, 0.15) is 16.1 Å². The smallest absolute Gasteiger partial charge is 0.339 e. The summed E-state index contributed by atoms with van der Waals surface area (Å²) in [5.41, 5.74) is 1.46. The van der Waals surface area contributed by atoms with E-state index in [1.54, 1.807) is 17.5 Å². The molecule has 0 amide bonds. The van der Waals surface area contributed by atoms with E-state index in [-0.39, 0.29) is 5.56 Å². The number of nitrogens with zero attached hydrogens (tertiary/aromatic N) is 2. The maximum atomic E-state index is 11.0. The molecule has 0 saturated heterocycles. The molecule has 72 valence electrons. The van der Waals surface area contributed by atoms with Gasteiger partial charge in [0.25, 0.3) is 0 Å². The van der Waals surface area contributed by atoms with Gasteiger partial charge in [-0.3, -0.25) is 0 Å². The normalized spacial score (nSPS) is 10.7. The molecule has 0 atom stereocenters. The van der Waals surface area contributed by atoms with Crippen molar-refractivity contribution in [3.63, 3.8) is 0 Å². The van der Waals surface area contributed by atoms with E-state index in [0.29, 0.717) is 11.2 Å². The molecule has 2 aromatic rings. The van der Waals surface area contributed by atoms with Gasteiger partial charge in [-0.15, -0.1) is 0 Å². The van der Waals surface area contributed by atoms with E-state index in [9.17, 15) is 4.79 Å². The first-order valence-corrected chi connectivity index (χ1v) is 5.06. The number of aryl methyl sites for hydroxylation is 1. The predicted molar refractivity (Wildman–Crippen MR) is 59.6 cm³/mol. The SMILES string of the molecule is Cc1nn2c(I)cccc2c1C(=O)O. The molecule has 5 heteroatoms. The largest absolute Gasteiger partial charge is 0.478 e. The van der Waals surface area contributed by atoms with Gasteiger partial charge in [0.2, 0.25) is 0 Å². The number of carboxylic acid groups (broad SMARTS) is 1. The molecule has 2 rings (SSSR count). The molecule has 2 heterocycles. The Kier molecular flexibility index (Phi) is 2.18. The van der Waals surface area contributed by atoms with Gasteiger partial charge in [-0.25, -0.2) is 9.31 Å². The summed E-state index contributed by atoms with van der Waals surface area (Å²) in [6.45, 7) is 1.70.